The number of aliphatic hydroxyl groups is 1. The van der Waals surface area contributed by atoms with Crippen LogP contribution in [0.4, 0.5) is 10.5 Å². The highest BCUT2D eigenvalue weighted by atomic mass is 16.6. The van der Waals surface area contributed by atoms with E-state index in [-0.39, 0.29) is 13.2 Å². The van der Waals surface area contributed by atoms with Crippen LogP contribution in [-0.2, 0) is 4.74 Å². The number of benzene rings is 1. The molecule has 0 saturated carbocycles. The zero-order valence-corrected chi connectivity index (χ0v) is 9.86. The van der Waals surface area contributed by atoms with E-state index in [1.807, 2.05) is 32.0 Å². The fourth-order valence-corrected chi connectivity index (χ4v) is 1.48. The lowest BCUT2D eigenvalue weighted by atomic mass is 10.1. The quantitative estimate of drug-likeness (QED) is 0.851. The Morgan fingerprint density at radius 2 is 1.88 bits per heavy atom. The molecule has 0 fully saturated rings. The van der Waals surface area contributed by atoms with Gasteiger partial charge < -0.3 is 9.84 Å². The molecule has 1 aromatic rings. The molecule has 1 rings (SSSR count). The average molecular weight is 223 g/mol. The second kappa shape index (κ2) is 5.51. The third-order valence-corrected chi connectivity index (χ3v) is 2.18. The zero-order chi connectivity index (χ0) is 12.1. The van der Waals surface area contributed by atoms with Gasteiger partial charge >= 0.3 is 6.09 Å². The average Bonchev–Trinajstić information content (AvgIpc) is 2.23. The number of anilines is 1. The third kappa shape index (κ3) is 3.24. The number of rotatable bonds is 3. The first-order chi connectivity index (χ1) is 7.54. The molecule has 4 nitrogen and oxygen atoms in total. The standard InChI is InChI=1S/C12H17NO3/c1-9-6-10(2)8-11(7-9)13(3)12(15)16-5-4-14/h6-8,14H,4-5H2,1-3H3. The number of ether oxygens (including phenoxy) is 1. The maximum absolute atomic E-state index is 11.5. The molecule has 0 unspecified atom stereocenters. The van der Waals surface area contributed by atoms with Crippen LogP contribution < -0.4 is 4.90 Å². The molecular weight excluding hydrogens is 206 g/mol. The van der Waals surface area contributed by atoms with E-state index in [0.717, 1.165) is 16.8 Å². The van der Waals surface area contributed by atoms with E-state index >= 15 is 0 Å². The van der Waals surface area contributed by atoms with Crippen LogP contribution in [-0.4, -0.2) is 31.5 Å². The van der Waals surface area contributed by atoms with Gasteiger partial charge in [0.05, 0.1) is 6.61 Å². The molecular formula is C12H17NO3. The van der Waals surface area contributed by atoms with E-state index in [9.17, 15) is 4.79 Å². The lowest BCUT2D eigenvalue weighted by molar-refractivity contribution is 0.126. The van der Waals surface area contributed by atoms with Crippen LogP contribution in [0.15, 0.2) is 18.2 Å². The molecule has 0 heterocycles. The smallest absolute Gasteiger partial charge is 0.414 e. The largest absolute Gasteiger partial charge is 0.447 e. The van der Waals surface area contributed by atoms with Crippen LogP contribution in [0, 0.1) is 13.8 Å². The Labute approximate surface area is 95.5 Å². The van der Waals surface area contributed by atoms with Crippen LogP contribution >= 0.6 is 0 Å². The van der Waals surface area contributed by atoms with E-state index in [1.165, 1.54) is 4.90 Å². The zero-order valence-electron chi connectivity index (χ0n) is 9.86. The Balaban J connectivity index is 2.79. The van der Waals surface area contributed by atoms with Crippen molar-refractivity contribution in [1.29, 1.82) is 0 Å². The van der Waals surface area contributed by atoms with E-state index in [2.05, 4.69) is 0 Å². The van der Waals surface area contributed by atoms with Crippen molar-refractivity contribution in [3.8, 4) is 0 Å². The van der Waals surface area contributed by atoms with Gasteiger partial charge in [0.15, 0.2) is 0 Å². The summed E-state index contributed by atoms with van der Waals surface area (Å²) in [5.74, 6) is 0. The van der Waals surface area contributed by atoms with E-state index in [1.54, 1.807) is 7.05 Å². The van der Waals surface area contributed by atoms with Crippen molar-refractivity contribution in [2.75, 3.05) is 25.2 Å². The topological polar surface area (TPSA) is 49.8 Å². The van der Waals surface area contributed by atoms with Gasteiger partial charge in [0, 0.05) is 12.7 Å². The first-order valence-electron chi connectivity index (χ1n) is 5.14. The van der Waals surface area contributed by atoms with Crippen LogP contribution in [0.1, 0.15) is 11.1 Å². The molecule has 0 saturated heterocycles. The number of aryl methyl sites for hydroxylation is 2. The van der Waals surface area contributed by atoms with Gasteiger partial charge in [0.2, 0.25) is 0 Å². The van der Waals surface area contributed by atoms with E-state index in [0.29, 0.717) is 0 Å². The number of nitrogens with zero attached hydrogens (tertiary/aromatic N) is 1. The molecule has 1 N–H and O–H groups in total. The minimum atomic E-state index is -0.459. The first kappa shape index (κ1) is 12.5. The normalized spacial score (nSPS) is 10.0. The van der Waals surface area contributed by atoms with E-state index in [4.69, 9.17) is 9.84 Å². The number of hydrogen-bond donors (Lipinski definition) is 1. The lowest BCUT2D eigenvalue weighted by Crippen LogP contribution is -2.28. The fraction of sp³-hybridized carbons (Fsp3) is 0.417. The minimum absolute atomic E-state index is 0.0218. The summed E-state index contributed by atoms with van der Waals surface area (Å²) in [5.41, 5.74) is 2.98. The Morgan fingerprint density at radius 3 is 2.38 bits per heavy atom. The molecule has 0 aliphatic heterocycles. The van der Waals surface area contributed by atoms with Gasteiger partial charge in [-0.25, -0.2) is 4.79 Å². The van der Waals surface area contributed by atoms with Gasteiger partial charge in [-0.2, -0.15) is 0 Å². The summed E-state index contributed by atoms with van der Waals surface area (Å²) < 4.78 is 4.82. The highest BCUT2D eigenvalue weighted by molar-refractivity contribution is 5.87. The first-order valence-corrected chi connectivity index (χ1v) is 5.14. The number of carbonyl (C=O) groups excluding carboxylic acids is 1. The van der Waals surface area contributed by atoms with Crippen LogP contribution in [0.3, 0.4) is 0 Å². The predicted molar refractivity (Wildman–Crippen MR) is 62.8 cm³/mol. The maximum Gasteiger partial charge on any atom is 0.414 e. The number of hydrogen-bond acceptors (Lipinski definition) is 3. The summed E-state index contributed by atoms with van der Waals surface area (Å²) in [6, 6.07) is 5.86. The minimum Gasteiger partial charge on any atom is -0.447 e. The van der Waals surface area contributed by atoms with Crippen LogP contribution in [0.2, 0.25) is 0 Å². The van der Waals surface area contributed by atoms with Gasteiger partial charge in [-0.05, 0) is 37.1 Å². The SMILES string of the molecule is Cc1cc(C)cc(N(C)C(=O)OCCO)c1. The Bertz CT molecular complexity index is 356. The van der Waals surface area contributed by atoms with Gasteiger partial charge in [-0.3, -0.25) is 4.90 Å². The van der Waals surface area contributed by atoms with Crippen molar-refractivity contribution in [3.05, 3.63) is 29.3 Å². The predicted octanol–water partition coefficient (Wildman–Crippen LogP) is 1.87. The molecule has 0 aliphatic rings. The number of aliphatic hydroxyl groups excluding tert-OH is 1. The summed E-state index contributed by atoms with van der Waals surface area (Å²) in [5, 5.41) is 8.56. The Hall–Kier alpha value is -1.55. The molecule has 4 heteroatoms. The van der Waals surface area contributed by atoms with Crippen molar-refractivity contribution in [3.63, 3.8) is 0 Å². The van der Waals surface area contributed by atoms with Crippen molar-refractivity contribution < 1.29 is 14.6 Å². The van der Waals surface area contributed by atoms with Crippen molar-refractivity contribution in [2.45, 2.75) is 13.8 Å². The molecule has 0 aromatic heterocycles. The molecule has 1 amide bonds. The maximum atomic E-state index is 11.5. The molecule has 0 radical (unpaired) electrons. The Kier molecular flexibility index (Phi) is 4.31. The highest BCUT2D eigenvalue weighted by Gasteiger charge is 2.12. The highest BCUT2D eigenvalue weighted by Crippen LogP contribution is 2.18. The summed E-state index contributed by atoms with van der Waals surface area (Å²) in [4.78, 5) is 12.9. The molecule has 0 aliphatic carbocycles. The van der Waals surface area contributed by atoms with Gasteiger partial charge in [0.25, 0.3) is 0 Å². The summed E-state index contributed by atoms with van der Waals surface area (Å²) >= 11 is 0. The lowest BCUT2D eigenvalue weighted by Gasteiger charge is -2.17. The second-order valence-corrected chi connectivity index (χ2v) is 3.74. The van der Waals surface area contributed by atoms with E-state index < -0.39 is 6.09 Å². The molecule has 16 heavy (non-hydrogen) atoms. The van der Waals surface area contributed by atoms with Crippen molar-refractivity contribution in [2.24, 2.45) is 0 Å². The van der Waals surface area contributed by atoms with Crippen LogP contribution in [0.25, 0.3) is 0 Å². The van der Waals surface area contributed by atoms with Gasteiger partial charge in [0.1, 0.15) is 6.61 Å². The monoisotopic (exact) mass is 223 g/mol. The molecule has 0 atom stereocenters. The van der Waals surface area contributed by atoms with Crippen molar-refractivity contribution in [1.82, 2.24) is 0 Å². The van der Waals surface area contributed by atoms with Gasteiger partial charge in [-0.1, -0.05) is 6.07 Å². The second-order valence-electron chi connectivity index (χ2n) is 3.74. The molecule has 0 spiro atoms. The Morgan fingerprint density at radius 1 is 1.31 bits per heavy atom. The molecule has 88 valence electrons. The molecule has 0 bridgehead atoms. The number of carbonyl (C=O) groups is 1. The number of amides is 1. The molecule has 1 aromatic carbocycles. The fourth-order valence-electron chi connectivity index (χ4n) is 1.48. The summed E-state index contributed by atoms with van der Waals surface area (Å²) in [6.45, 7) is 3.81. The summed E-state index contributed by atoms with van der Waals surface area (Å²) in [7, 11) is 1.65. The summed E-state index contributed by atoms with van der Waals surface area (Å²) in [6.07, 6.45) is -0.459. The van der Waals surface area contributed by atoms with Crippen LogP contribution in [0.5, 0.6) is 0 Å². The van der Waals surface area contributed by atoms with Gasteiger partial charge in [-0.15, -0.1) is 0 Å². The van der Waals surface area contributed by atoms with Crippen molar-refractivity contribution >= 4 is 11.8 Å². The third-order valence-electron chi connectivity index (χ3n) is 2.18.